The number of benzene rings is 1. The number of hydrogen-bond acceptors (Lipinski definition) is 6. The first-order valence-electron chi connectivity index (χ1n) is 6.44. The van der Waals surface area contributed by atoms with Gasteiger partial charge in [-0.15, -0.1) is 10.2 Å². The van der Waals surface area contributed by atoms with Crippen LogP contribution in [0.15, 0.2) is 34.7 Å². The summed E-state index contributed by atoms with van der Waals surface area (Å²) >= 11 is 2.12. The van der Waals surface area contributed by atoms with Crippen molar-refractivity contribution in [1.29, 1.82) is 0 Å². The second kappa shape index (κ2) is 7.64. The van der Waals surface area contributed by atoms with E-state index in [0.717, 1.165) is 28.8 Å². The van der Waals surface area contributed by atoms with Gasteiger partial charge in [-0.25, -0.2) is 0 Å². The van der Waals surface area contributed by atoms with Crippen molar-refractivity contribution in [2.45, 2.75) is 10.5 Å². The van der Waals surface area contributed by atoms with Crippen LogP contribution in [0.1, 0.15) is 0 Å². The fraction of sp³-hybridized carbons (Fsp3) is 0.308. The Morgan fingerprint density at radius 3 is 2.65 bits per heavy atom. The van der Waals surface area contributed by atoms with Gasteiger partial charge in [-0.05, 0) is 12.1 Å². The van der Waals surface area contributed by atoms with Crippen LogP contribution in [0.3, 0.4) is 0 Å². The Bertz CT molecular complexity index is 648. The quantitative estimate of drug-likeness (QED) is 0.800. The summed E-state index contributed by atoms with van der Waals surface area (Å²) in [7, 11) is 1.66. The highest BCUT2D eigenvalue weighted by Crippen LogP contribution is 2.27. The zero-order chi connectivity index (χ0) is 16.9. The molecule has 5 nitrogen and oxygen atoms in total. The molecule has 0 aliphatic heterocycles. The topological polar surface area (TPSA) is 58.1 Å². The van der Waals surface area contributed by atoms with Crippen LogP contribution in [0.2, 0.25) is 0 Å². The van der Waals surface area contributed by atoms with Gasteiger partial charge in [0.2, 0.25) is 11.0 Å². The summed E-state index contributed by atoms with van der Waals surface area (Å²) in [5, 5.41) is 9.59. The first-order valence-corrected chi connectivity index (χ1v) is 8.24. The predicted molar refractivity (Wildman–Crippen MR) is 85.0 cm³/mol. The van der Waals surface area contributed by atoms with Crippen molar-refractivity contribution in [1.82, 2.24) is 10.2 Å². The zero-order valence-electron chi connectivity index (χ0n) is 12.0. The lowest BCUT2D eigenvalue weighted by Gasteiger charge is -2.16. The lowest BCUT2D eigenvalue weighted by molar-refractivity contribution is -0.116. The first kappa shape index (κ1) is 17.5. The molecule has 0 spiro atoms. The molecule has 1 amide bonds. The summed E-state index contributed by atoms with van der Waals surface area (Å²) in [6.45, 7) is -1.16. The van der Waals surface area contributed by atoms with E-state index in [-0.39, 0.29) is 16.8 Å². The smallest absolute Gasteiger partial charge is 0.351 e. The minimum atomic E-state index is -4.31. The van der Waals surface area contributed by atoms with Crippen molar-refractivity contribution in [3.8, 4) is 0 Å². The molecule has 0 unspecified atom stereocenters. The molecular weight excluding hydrogens is 349 g/mol. The van der Waals surface area contributed by atoms with Crippen molar-refractivity contribution >= 4 is 39.8 Å². The number of thioether (sulfide) groups is 1. The first-order chi connectivity index (χ1) is 10.8. The van der Waals surface area contributed by atoms with Crippen LogP contribution >= 0.6 is 23.1 Å². The van der Waals surface area contributed by atoms with Crippen LogP contribution in [-0.4, -0.2) is 41.6 Å². The third kappa shape index (κ3) is 5.71. The second-order valence-electron chi connectivity index (χ2n) is 4.42. The molecule has 2 rings (SSSR count). The monoisotopic (exact) mass is 362 g/mol. The molecular formula is C13H13F3N4OS2. The molecule has 0 radical (unpaired) electrons. The van der Waals surface area contributed by atoms with Gasteiger partial charge < -0.3 is 10.2 Å². The van der Waals surface area contributed by atoms with Crippen LogP contribution in [0.25, 0.3) is 0 Å². The number of carbonyl (C=O) groups excluding carboxylic acids is 1. The summed E-state index contributed by atoms with van der Waals surface area (Å²) in [5.74, 6) is -0.0135. The minimum Gasteiger partial charge on any atom is -0.351 e. The Hall–Kier alpha value is -1.81. The lowest BCUT2D eigenvalue weighted by atomic mass is 10.3. The summed E-state index contributed by atoms with van der Waals surface area (Å²) < 4.78 is 36.7. The highest BCUT2D eigenvalue weighted by molar-refractivity contribution is 8.01. The molecule has 23 heavy (non-hydrogen) atoms. The molecule has 0 saturated heterocycles. The standard InChI is InChI=1S/C13H13F3N4OS2/c1-20(9-5-3-2-4-6-9)10(21)7-22-12-19-18-11(23-12)17-8-13(14,15)16/h2-6H,7-8H2,1H3,(H,17,18). The van der Waals surface area contributed by atoms with Gasteiger partial charge in [0, 0.05) is 12.7 Å². The van der Waals surface area contributed by atoms with Crippen molar-refractivity contribution < 1.29 is 18.0 Å². The Kier molecular flexibility index (Phi) is 5.83. The highest BCUT2D eigenvalue weighted by Gasteiger charge is 2.27. The average molecular weight is 362 g/mol. The molecule has 0 fully saturated rings. The third-order valence-electron chi connectivity index (χ3n) is 2.68. The van der Waals surface area contributed by atoms with Gasteiger partial charge >= 0.3 is 6.18 Å². The molecule has 1 heterocycles. The van der Waals surface area contributed by atoms with Gasteiger partial charge in [0.1, 0.15) is 6.54 Å². The van der Waals surface area contributed by atoms with Crippen LogP contribution < -0.4 is 10.2 Å². The molecule has 1 aromatic heterocycles. The molecule has 0 aliphatic carbocycles. The molecule has 0 atom stereocenters. The number of aromatic nitrogens is 2. The van der Waals surface area contributed by atoms with Crippen molar-refractivity contribution in [3.05, 3.63) is 30.3 Å². The van der Waals surface area contributed by atoms with Gasteiger partial charge in [0.25, 0.3) is 0 Å². The van der Waals surface area contributed by atoms with Crippen LogP contribution in [0.5, 0.6) is 0 Å². The lowest BCUT2D eigenvalue weighted by Crippen LogP contribution is -2.27. The number of alkyl halides is 3. The Morgan fingerprint density at radius 1 is 1.30 bits per heavy atom. The van der Waals surface area contributed by atoms with Crippen LogP contribution in [0.4, 0.5) is 24.0 Å². The van der Waals surface area contributed by atoms with E-state index in [9.17, 15) is 18.0 Å². The van der Waals surface area contributed by atoms with Gasteiger partial charge in [0.05, 0.1) is 5.75 Å². The number of nitrogens with one attached hydrogen (secondary N) is 1. The Labute approximate surface area is 138 Å². The number of halogens is 3. The van der Waals surface area contributed by atoms with E-state index in [4.69, 9.17) is 0 Å². The number of rotatable bonds is 6. The molecule has 10 heteroatoms. The van der Waals surface area contributed by atoms with Crippen molar-refractivity contribution in [3.63, 3.8) is 0 Å². The maximum Gasteiger partial charge on any atom is 0.405 e. The second-order valence-corrected chi connectivity index (χ2v) is 6.62. The van der Waals surface area contributed by atoms with Crippen molar-refractivity contribution in [2.24, 2.45) is 0 Å². The maximum absolute atomic E-state index is 12.1. The number of amides is 1. The SMILES string of the molecule is CN(C(=O)CSc1nnc(NCC(F)(F)F)s1)c1ccccc1. The molecule has 2 aromatic rings. The normalized spacial score (nSPS) is 11.3. The van der Waals surface area contributed by atoms with E-state index in [1.807, 2.05) is 30.3 Å². The number of para-hydroxylation sites is 1. The average Bonchev–Trinajstić information content (AvgIpc) is 2.98. The number of carbonyl (C=O) groups is 1. The van der Waals surface area contributed by atoms with E-state index < -0.39 is 12.7 Å². The molecule has 124 valence electrons. The predicted octanol–water partition coefficient (Wildman–Crippen LogP) is 3.27. The molecule has 0 aliphatic rings. The summed E-state index contributed by atoms with van der Waals surface area (Å²) in [6.07, 6.45) is -4.31. The zero-order valence-corrected chi connectivity index (χ0v) is 13.6. The fourth-order valence-electron chi connectivity index (χ4n) is 1.53. The van der Waals surface area contributed by atoms with Crippen molar-refractivity contribution in [2.75, 3.05) is 29.6 Å². The van der Waals surface area contributed by atoms with Gasteiger partial charge in [0.15, 0.2) is 4.34 Å². The molecule has 1 N–H and O–H groups in total. The van der Waals surface area contributed by atoms with E-state index in [1.54, 1.807) is 7.05 Å². The van der Waals surface area contributed by atoms with Gasteiger partial charge in [-0.3, -0.25) is 4.79 Å². The highest BCUT2D eigenvalue weighted by atomic mass is 32.2. The maximum atomic E-state index is 12.1. The number of nitrogens with zero attached hydrogens (tertiary/aromatic N) is 3. The van der Waals surface area contributed by atoms with Crippen LogP contribution in [0, 0.1) is 0 Å². The molecule has 1 aromatic carbocycles. The summed E-state index contributed by atoms with van der Waals surface area (Å²) in [5.41, 5.74) is 0.767. The number of hydrogen-bond donors (Lipinski definition) is 1. The van der Waals surface area contributed by atoms with E-state index in [1.165, 1.54) is 4.90 Å². The van der Waals surface area contributed by atoms with E-state index >= 15 is 0 Å². The number of anilines is 2. The Morgan fingerprint density at radius 2 is 2.00 bits per heavy atom. The minimum absolute atomic E-state index is 0.0775. The molecule has 0 bridgehead atoms. The van der Waals surface area contributed by atoms with Crippen LogP contribution in [-0.2, 0) is 4.79 Å². The molecule has 0 saturated carbocycles. The Balaban J connectivity index is 1.84. The summed E-state index contributed by atoms with van der Waals surface area (Å²) in [4.78, 5) is 13.6. The van der Waals surface area contributed by atoms with E-state index in [0.29, 0.717) is 4.34 Å². The fourth-order valence-corrected chi connectivity index (χ4v) is 3.19. The van der Waals surface area contributed by atoms with Gasteiger partial charge in [-0.1, -0.05) is 41.3 Å². The largest absolute Gasteiger partial charge is 0.405 e. The summed E-state index contributed by atoms with van der Waals surface area (Å²) in [6, 6.07) is 9.14. The van der Waals surface area contributed by atoms with E-state index in [2.05, 4.69) is 15.5 Å². The third-order valence-corrected chi connectivity index (χ3v) is 4.68. The van der Waals surface area contributed by atoms with Gasteiger partial charge in [-0.2, -0.15) is 13.2 Å².